The second-order valence-electron chi connectivity index (χ2n) is 1.03. The lowest BCUT2D eigenvalue weighted by Crippen LogP contribution is -2.26. The van der Waals surface area contributed by atoms with E-state index in [2.05, 4.69) is 11.6 Å². The van der Waals surface area contributed by atoms with Crippen molar-refractivity contribution in [1.82, 2.24) is 0 Å². The van der Waals surface area contributed by atoms with Crippen LogP contribution < -0.4 is 0 Å². The number of halogens is 4. The molecule has 0 heterocycles. The first-order valence-electron chi connectivity index (χ1n) is 1.56. The maximum absolute atomic E-state index is 11.3. The zero-order valence-corrected chi connectivity index (χ0v) is 4.25. The maximum Gasteiger partial charge on any atom is 0.357 e. The topological polar surface area (TPSA) is 17.1 Å². The van der Waals surface area contributed by atoms with Crippen LogP contribution in [-0.4, -0.2) is 17.8 Å². The molecule has 0 fully saturated rings. The third-order valence-corrected chi connectivity index (χ3v) is 0.684. The van der Waals surface area contributed by atoms with E-state index in [1.807, 2.05) is 0 Å². The molecule has 1 radical (unpaired) electrons. The highest BCUT2D eigenvalue weighted by atomic mass is 35.5. The lowest BCUT2D eigenvalue weighted by atomic mass is 10.4. The van der Waals surface area contributed by atoms with E-state index >= 15 is 0 Å². The Morgan fingerprint density at radius 1 is 1.62 bits per heavy atom. The van der Waals surface area contributed by atoms with Gasteiger partial charge in [0.1, 0.15) is 0 Å². The second-order valence-corrected chi connectivity index (χ2v) is 1.41. The van der Waals surface area contributed by atoms with Crippen LogP contribution in [0.5, 0.6) is 0 Å². The van der Waals surface area contributed by atoms with Gasteiger partial charge in [-0.1, -0.05) is 11.6 Å². The Morgan fingerprint density at radius 3 is 2.00 bits per heavy atom. The van der Waals surface area contributed by atoms with Crippen molar-refractivity contribution in [3.63, 3.8) is 0 Å². The molecule has 0 aliphatic carbocycles. The van der Waals surface area contributed by atoms with Gasteiger partial charge in [0.25, 0.3) is 6.29 Å². The molecule has 0 amide bonds. The summed E-state index contributed by atoms with van der Waals surface area (Å²) < 4.78 is 33.9. The summed E-state index contributed by atoms with van der Waals surface area (Å²) in [6, 6.07) is 0. The van der Waals surface area contributed by atoms with E-state index in [-0.39, 0.29) is 6.29 Å². The zero-order chi connectivity index (χ0) is 6.78. The van der Waals surface area contributed by atoms with Gasteiger partial charge in [-0.15, -0.1) is 0 Å². The maximum atomic E-state index is 11.3. The van der Waals surface area contributed by atoms with Gasteiger partial charge in [0.05, 0.1) is 0 Å². The number of hydrogen-bond acceptors (Lipinski definition) is 1. The molecule has 0 spiro atoms. The van der Waals surface area contributed by atoms with Crippen molar-refractivity contribution in [1.29, 1.82) is 0 Å². The Labute approximate surface area is 48.4 Å². The van der Waals surface area contributed by atoms with E-state index in [9.17, 15) is 13.2 Å². The first-order valence-corrected chi connectivity index (χ1v) is 1.99. The van der Waals surface area contributed by atoms with Crippen molar-refractivity contribution < 1.29 is 18.0 Å². The summed E-state index contributed by atoms with van der Waals surface area (Å²) in [5.41, 5.74) is -2.97. The van der Waals surface area contributed by atoms with Crippen LogP contribution in [0.25, 0.3) is 0 Å². The van der Waals surface area contributed by atoms with Crippen molar-refractivity contribution >= 4 is 17.9 Å². The minimum Gasteiger partial charge on any atom is -0.284 e. The van der Waals surface area contributed by atoms with Gasteiger partial charge in [0.2, 0.25) is 5.63 Å². The fourth-order valence-corrected chi connectivity index (χ4v) is 0.0891. The van der Waals surface area contributed by atoms with Crippen LogP contribution in [0, 0.1) is 0 Å². The summed E-state index contributed by atoms with van der Waals surface area (Å²) in [4.78, 5) is 9.07. The molecule has 0 aliphatic heterocycles. The highest BCUT2D eigenvalue weighted by Crippen LogP contribution is 2.21. The molecule has 5 heteroatoms. The van der Waals surface area contributed by atoms with Crippen molar-refractivity contribution in [3.05, 3.63) is 0 Å². The molecule has 0 saturated carbocycles. The van der Waals surface area contributed by atoms with Crippen molar-refractivity contribution in [2.24, 2.45) is 0 Å². The normalized spacial score (nSPS) is 15.5. The second kappa shape index (κ2) is 2.35. The minimum absolute atomic E-state index is 0.150. The molecule has 0 saturated heterocycles. The molecule has 0 N–H and O–H groups in total. The number of alkyl halides is 4. The van der Waals surface area contributed by atoms with Crippen LogP contribution in [-0.2, 0) is 4.79 Å². The van der Waals surface area contributed by atoms with E-state index in [1.54, 1.807) is 0 Å². The first kappa shape index (κ1) is 7.75. The van der Waals surface area contributed by atoms with Gasteiger partial charge in [-0.2, -0.15) is 8.78 Å². The van der Waals surface area contributed by atoms with Gasteiger partial charge in [0.15, 0.2) is 0 Å². The molecule has 1 nitrogen and oxygen atoms in total. The standard InChI is InChI=1S/C3HClF3O/c4-2(5)3(6,7)1-8/h2H. The highest BCUT2D eigenvalue weighted by molar-refractivity contribution is 6.21. The molecule has 0 aromatic carbocycles. The molecular weight excluding hydrogens is 144 g/mol. The molecule has 0 aromatic heterocycles. The van der Waals surface area contributed by atoms with E-state index < -0.39 is 11.6 Å². The van der Waals surface area contributed by atoms with Gasteiger partial charge in [-0.05, 0) is 0 Å². The lowest BCUT2D eigenvalue weighted by Gasteiger charge is -2.04. The number of rotatable bonds is 2. The average Bonchev–Trinajstić information content (AvgIpc) is 1.67. The van der Waals surface area contributed by atoms with Crippen LogP contribution in [0.15, 0.2) is 0 Å². The Bertz CT molecular complexity index is 92.5. The van der Waals surface area contributed by atoms with E-state index in [0.717, 1.165) is 0 Å². The molecule has 8 heavy (non-hydrogen) atoms. The third kappa shape index (κ3) is 1.69. The molecule has 1 unspecified atom stereocenters. The van der Waals surface area contributed by atoms with Crippen LogP contribution in [0.3, 0.4) is 0 Å². The number of carbonyl (C=O) groups excluding carboxylic acids is 1. The predicted octanol–water partition coefficient (Wildman–Crippen LogP) is 1.27. The van der Waals surface area contributed by atoms with Crippen LogP contribution in [0.2, 0.25) is 0 Å². The summed E-state index contributed by atoms with van der Waals surface area (Å²) in [5.74, 6) is -4.17. The van der Waals surface area contributed by atoms with E-state index in [0.29, 0.717) is 0 Å². The Balaban J connectivity index is 3.90. The zero-order valence-electron chi connectivity index (χ0n) is 3.50. The van der Waals surface area contributed by atoms with Crippen LogP contribution >= 0.6 is 11.6 Å². The van der Waals surface area contributed by atoms with Gasteiger partial charge in [-0.25, -0.2) is 4.39 Å². The van der Waals surface area contributed by atoms with Gasteiger partial charge in [0, 0.05) is 0 Å². The van der Waals surface area contributed by atoms with Crippen molar-refractivity contribution in [2.45, 2.75) is 11.6 Å². The SMILES string of the molecule is O=[C]C(F)(F)C(F)Cl. The monoisotopic (exact) mass is 145 g/mol. The van der Waals surface area contributed by atoms with Gasteiger partial charge in [-0.3, -0.25) is 4.79 Å². The number of hydrogen-bond donors (Lipinski definition) is 0. The van der Waals surface area contributed by atoms with Crippen LogP contribution in [0.4, 0.5) is 13.2 Å². The van der Waals surface area contributed by atoms with Gasteiger partial charge >= 0.3 is 5.92 Å². The Morgan fingerprint density at radius 2 is 2.00 bits per heavy atom. The fourth-order valence-electron chi connectivity index (χ4n) is 0.0445. The largest absolute Gasteiger partial charge is 0.357 e. The summed E-state index contributed by atoms with van der Waals surface area (Å²) >= 11 is 4.19. The summed E-state index contributed by atoms with van der Waals surface area (Å²) in [7, 11) is 0. The van der Waals surface area contributed by atoms with E-state index in [1.165, 1.54) is 0 Å². The summed E-state index contributed by atoms with van der Waals surface area (Å²) in [6.07, 6.45) is 0.150. The summed E-state index contributed by atoms with van der Waals surface area (Å²) in [6.45, 7) is 0. The molecule has 0 aliphatic rings. The minimum atomic E-state index is -4.17. The fraction of sp³-hybridized carbons (Fsp3) is 0.667. The third-order valence-electron chi connectivity index (χ3n) is 0.410. The summed E-state index contributed by atoms with van der Waals surface area (Å²) in [5, 5.41) is 0. The van der Waals surface area contributed by atoms with E-state index in [4.69, 9.17) is 4.79 Å². The highest BCUT2D eigenvalue weighted by Gasteiger charge is 2.39. The molecule has 0 rings (SSSR count). The molecule has 1 atom stereocenters. The first-order chi connectivity index (χ1) is 3.50. The average molecular weight is 145 g/mol. The van der Waals surface area contributed by atoms with Gasteiger partial charge < -0.3 is 0 Å². The molecule has 47 valence electrons. The Kier molecular flexibility index (Phi) is 2.27. The van der Waals surface area contributed by atoms with Crippen molar-refractivity contribution in [2.75, 3.05) is 0 Å². The lowest BCUT2D eigenvalue weighted by molar-refractivity contribution is 0.0265. The predicted molar refractivity (Wildman–Crippen MR) is 21.4 cm³/mol. The quantitative estimate of drug-likeness (QED) is 0.535. The molecule has 0 aromatic rings. The van der Waals surface area contributed by atoms with Crippen LogP contribution in [0.1, 0.15) is 0 Å². The molecular formula is C3HClF3O. The molecule has 0 bridgehead atoms. The Hall–Kier alpha value is -0.250. The smallest absolute Gasteiger partial charge is 0.284 e. The van der Waals surface area contributed by atoms with Crippen molar-refractivity contribution in [3.8, 4) is 0 Å².